The van der Waals surface area contributed by atoms with Crippen molar-refractivity contribution in [2.45, 2.75) is 0 Å². The quantitative estimate of drug-likeness (QED) is 0.627. The predicted molar refractivity (Wildman–Crippen MR) is 97.9 cm³/mol. The van der Waals surface area contributed by atoms with Gasteiger partial charge in [0.15, 0.2) is 0 Å². The number of hydrogen-bond acceptors (Lipinski definition) is 6. The van der Waals surface area contributed by atoms with Crippen LogP contribution in [-0.4, -0.2) is 42.1 Å². The molecule has 1 saturated heterocycles. The van der Waals surface area contributed by atoms with Gasteiger partial charge in [-0.15, -0.1) is 0 Å². The molecule has 0 bridgehead atoms. The fourth-order valence-electron chi connectivity index (χ4n) is 2.86. The number of anilines is 1. The van der Waals surface area contributed by atoms with E-state index in [2.05, 4.69) is 4.98 Å². The highest BCUT2D eigenvalue weighted by molar-refractivity contribution is 6.35. The van der Waals surface area contributed by atoms with Crippen LogP contribution in [-0.2, 0) is 4.74 Å². The van der Waals surface area contributed by atoms with Crippen LogP contribution in [0.5, 0.6) is 0 Å². The van der Waals surface area contributed by atoms with Crippen molar-refractivity contribution < 1.29 is 14.5 Å². The van der Waals surface area contributed by atoms with Gasteiger partial charge in [0.1, 0.15) is 11.3 Å². The zero-order valence-electron chi connectivity index (χ0n) is 13.4. The Balaban J connectivity index is 2.34. The lowest BCUT2D eigenvalue weighted by Gasteiger charge is -2.30. The first kappa shape index (κ1) is 18.4. The highest BCUT2D eigenvalue weighted by Gasteiger charge is 2.33. The second-order valence-corrected chi connectivity index (χ2v) is 6.40. The summed E-state index contributed by atoms with van der Waals surface area (Å²) in [5.74, 6) is -0.927. The van der Waals surface area contributed by atoms with Crippen LogP contribution in [0.1, 0.15) is 10.4 Å². The number of rotatable bonds is 4. The minimum atomic E-state index is -0.927. The zero-order valence-corrected chi connectivity index (χ0v) is 15.0. The lowest BCUT2D eigenvalue weighted by atomic mass is 10.0. The van der Waals surface area contributed by atoms with Crippen LogP contribution in [0.2, 0.25) is 10.0 Å². The van der Waals surface area contributed by atoms with E-state index in [0.717, 1.165) is 0 Å². The molecule has 1 fully saturated rings. The topological polar surface area (TPSA) is 112 Å². The summed E-state index contributed by atoms with van der Waals surface area (Å²) < 4.78 is 5.32. The van der Waals surface area contributed by atoms with Crippen molar-refractivity contribution in [3.05, 3.63) is 50.1 Å². The Morgan fingerprint density at radius 1 is 1.31 bits per heavy atom. The van der Waals surface area contributed by atoms with E-state index in [1.807, 2.05) is 0 Å². The summed E-state index contributed by atoms with van der Waals surface area (Å²) in [5, 5.41) is 12.4. The number of pyridine rings is 1. The van der Waals surface area contributed by atoms with E-state index in [1.165, 1.54) is 12.3 Å². The van der Waals surface area contributed by atoms with Crippen LogP contribution in [0.4, 0.5) is 11.4 Å². The number of ether oxygens (including phenoxy) is 1. The second kappa shape index (κ2) is 7.45. The molecule has 1 amide bonds. The molecule has 1 aromatic carbocycles. The van der Waals surface area contributed by atoms with Crippen molar-refractivity contribution >= 4 is 40.5 Å². The van der Waals surface area contributed by atoms with Crippen molar-refractivity contribution in [3.8, 4) is 11.3 Å². The molecule has 2 N–H and O–H groups in total. The number of nitrogens with two attached hydrogens (primary N) is 1. The zero-order chi connectivity index (χ0) is 18.8. The van der Waals surface area contributed by atoms with E-state index in [-0.39, 0.29) is 16.3 Å². The Morgan fingerprint density at radius 3 is 2.54 bits per heavy atom. The highest BCUT2D eigenvalue weighted by atomic mass is 35.5. The normalized spacial score (nSPS) is 14.3. The third-order valence-electron chi connectivity index (χ3n) is 3.98. The molecule has 1 aromatic heterocycles. The van der Waals surface area contributed by atoms with Crippen LogP contribution in [0.25, 0.3) is 11.3 Å². The molecule has 2 heterocycles. The van der Waals surface area contributed by atoms with Gasteiger partial charge in [-0.2, -0.15) is 0 Å². The lowest BCUT2D eigenvalue weighted by molar-refractivity contribution is -0.384. The van der Waals surface area contributed by atoms with Gasteiger partial charge in [0.2, 0.25) is 0 Å². The standard InChI is InChI=1S/C16H14Cl2N4O4/c17-9-1-2-12(20-8-9)13-11(18)7-10(16(19)23)14(22(24)25)15(13)21-3-5-26-6-4-21/h1-2,7-8H,3-6H2,(H2,19,23). The van der Waals surface area contributed by atoms with Gasteiger partial charge in [-0.25, -0.2) is 0 Å². The highest BCUT2D eigenvalue weighted by Crippen LogP contribution is 2.45. The maximum Gasteiger partial charge on any atom is 0.306 e. The van der Waals surface area contributed by atoms with Crippen molar-refractivity contribution in [3.63, 3.8) is 0 Å². The van der Waals surface area contributed by atoms with Crippen LogP contribution in [0.3, 0.4) is 0 Å². The van der Waals surface area contributed by atoms with Gasteiger partial charge in [0, 0.05) is 24.8 Å². The van der Waals surface area contributed by atoms with E-state index in [1.54, 1.807) is 17.0 Å². The van der Waals surface area contributed by atoms with Gasteiger partial charge in [0.25, 0.3) is 5.91 Å². The minimum absolute atomic E-state index is 0.140. The predicted octanol–water partition coefficient (Wildman–Crippen LogP) is 2.90. The fourth-order valence-corrected chi connectivity index (χ4v) is 3.27. The molecule has 136 valence electrons. The number of nitro benzene ring substituents is 1. The molecule has 0 aliphatic carbocycles. The maximum atomic E-state index is 11.8. The summed E-state index contributed by atoms with van der Waals surface area (Å²) in [5.41, 5.74) is 5.66. The Hall–Kier alpha value is -2.42. The average molecular weight is 397 g/mol. The number of benzene rings is 1. The van der Waals surface area contributed by atoms with Gasteiger partial charge in [-0.05, 0) is 18.2 Å². The van der Waals surface area contributed by atoms with Crippen LogP contribution in [0, 0.1) is 10.1 Å². The summed E-state index contributed by atoms with van der Waals surface area (Å²) >= 11 is 12.3. The van der Waals surface area contributed by atoms with E-state index >= 15 is 0 Å². The SMILES string of the molecule is NC(=O)c1cc(Cl)c(-c2ccc(Cl)cn2)c(N2CCOCC2)c1[N+](=O)[O-]. The molecular weight excluding hydrogens is 383 g/mol. The number of hydrogen-bond donors (Lipinski definition) is 1. The first-order chi connectivity index (χ1) is 12.4. The van der Waals surface area contributed by atoms with Gasteiger partial charge < -0.3 is 15.4 Å². The summed E-state index contributed by atoms with van der Waals surface area (Å²) in [6, 6.07) is 4.43. The molecule has 0 atom stereocenters. The Labute approximate surface area is 158 Å². The van der Waals surface area contributed by atoms with Crippen LogP contribution >= 0.6 is 23.2 Å². The Kier molecular flexibility index (Phi) is 5.26. The average Bonchev–Trinajstić information content (AvgIpc) is 2.62. The number of carbonyl (C=O) groups is 1. The van der Waals surface area contributed by atoms with Gasteiger partial charge in [0.05, 0.1) is 33.9 Å². The molecule has 10 heteroatoms. The third-order valence-corrected chi connectivity index (χ3v) is 4.51. The molecule has 2 aromatic rings. The number of halogens is 2. The number of nitro groups is 1. The number of primary amides is 1. The summed E-state index contributed by atoms with van der Waals surface area (Å²) in [6.07, 6.45) is 1.42. The van der Waals surface area contributed by atoms with Crippen molar-refractivity contribution in [2.24, 2.45) is 5.73 Å². The fraction of sp³-hybridized carbons (Fsp3) is 0.250. The van der Waals surface area contributed by atoms with Gasteiger partial charge in [-0.1, -0.05) is 23.2 Å². The number of amides is 1. The van der Waals surface area contributed by atoms with Gasteiger partial charge in [-0.3, -0.25) is 19.9 Å². The summed E-state index contributed by atoms with van der Waals surface area (Å²) in [4.78, 5) is 28.9. The van der Waals surface area contributed by atoms with E-state index < -0.39 is 16.5 Å². The van der Waals surface area contributed by atoms with E-state index in [0.29, 0.717) is 42.6 Å². The minimum Gasteiger partial charge on any atom is -0.378 e. The number of morpholine rings is 1. The van der Waals surface area contributed by atoms with Crippen molar-refractivity contribution in [1.82, 2.24) is 4.98 Å². The molecule has 0 radical (unpaired) electrons. The summed E-state index contributed by atoms with van der Waals surface area (Å²) in [6.45, 7) is 1.59. The van der Waals surface area contributed by atoms with Crippen LogP contribution < -0.4 is 10.6 Å². The molecule has 1 aliphatic heterocycles. The Morgan fingerprint density at radius 2 is 2.00 bits per heavy atom. The first-order valence-corrected chi connectivity index (χ1v) is 8.41. The molecule has 8 nitrogen and oxygen atoms in total. The molecular formula is C16H14Cl2N4O4. The lowest BCUT2D eigenvalue weighted by Crippen LogP contribution is -2.37. The van der Waals surface area contributed by atoms with Crippen LogP contribution in [0.15, 0.2) is 24.4 Å². The molecule has 0 unspecified atom stereocenters. The maximum absolute atomic E-state index is 11.8. The monoisotopic (exact) mass is 396 g/mol. The number of nitrogens with zero attached hydrogens (tertiary/aromatic N) is 3. The Bertz CT molecular complexity index is 868. The largest absolute Gasteiger partial charge is 0.378 e. The van der Waals surface area contributed by atoms with E-state index in [9.17, 15) is 14.9 Å². The van der Waals surface area contributed by atoms with Crippen molar-refractivity contribution in [2.75, 3.05) is 31.2 Å². The molecule has 3 rings (SSSR count). The van der Waals surface area contributed by atoms with E-state index in [4.69, 9.17) is 33.7 Å². The molecule has 1 aliphatic rings. The number of aromatic nitrogens is 1. The second-order valence-electron chi connectivity index (χ2n) is 5.56. The third kappa shape index (κ3) is 3.44. The number of carbonyl (C=O) groups excluding carboxylic acids is 1. The molecule has 0 saturated carbocycles. The summed E-state index contributed by atoms with van der Waals surface area (Å²) in [7, 11) is 0. The van der Waals surface area contributed by atoms with Crippen molar-refractivity contribution in [1.29, 1.82) is 0 Å². The molecule has 26 heavy (non-hydrogen) atoms. The molecule has 0 spiro atoms. The smallest absolute Gasteiger partial charge is 0.306 e. The first-order valence-electron chi connectivity index (χ1n) is 7.65. The van der Waals surface area contributed by atoms with Gasteiger partial charge >= 0.3 is 5.69 Å².